The number of methoxy groups -OCH3 is 2. The number of hydrogen-bond acceptors (Lipinski definition) is 3. The zero-order valence-corrected chi connectivity index (χ0v) is 19.2. The quantitative estimate of drug-likeness (QED) is 0.492. The Morgan fingerprint density at radius 2 is 1.77 bits per heavy atom. The van der Waals surface area contributed by atoms with Gasteiger partial charge < -0.3 is 26.5 Å². The molecular weight excluding hydrogens is 461 g/mol. The summed E-state index contributed by atoms with van der Waals surface area (Å²) in [6, 6.07) is 15.3. The highest BCUT2D eigenvalue weighted by Crippen LogP contribution is 2.36. The Labute approximate surface area is 192 Å². The third kappa shape index (κ3) is 4.96. The van der Waals surface area contributed by atoms with Crippen molar-refractivity contribution in [1.82, 2.24) is 0 Å². The summed E-state index contributed by atoms with van der Waals surface area (Å²) in [5.41, 5.74) is 3.29. The van der Waals surface area contributed by atoms with E-state index in [-0.39, 0.29) is 34.5 Å². The van der Waals surface area contributed by atoms with Crippen LogP contribution in [-0.4, -0.2) is 20.0 Å². The normalized spacial score (nSPS) is 15.1. The monoisotopic (exact) mass is 485 g/mol. The summed E-state index contributed by atoms with van der Waals surface area (Å²) in [5, 5.41) is 0. The molecule has 0 amide bonds. The van der Waals surface area contributed by atoms with E-state index in [9.17, 15) is 9.18 Å². The molecule has 0 bridgehead atoms. The van der Waals surface area contributed by atoms with Gasteiger partial charge in [0.15, 0.2) is 35.8 Å². The Bertz CT molecular complexity index is 1070. The van der Waals surface area contributed by atoms with Crippen LogP contribution in [0.2, 0.25) is 0 Å². The van der Waals surface area contributed by atoms with Gasteiger partial charge in [-0.2, -0.15) is 4.57 Å². The molecule has 6 heteroatoms. The molecule has 0 fully saturated rings. The zero-order valence-electron chi connectivity index (χ0n) is 17.6. The minimum absolute atomic E-state index is 0. The standard InChI is InChI=1S/C25H25FNO3.BrH/c1-29-23-13-18-8-9-20(25(28)21(18)14-24(23)30-2)12-19-10-11-27(16-22(19)26)15-17-6-4-3-5-7-17;/h3-7,10-11,13-14,16,20H,8-9,12,15H2,1-2H3;1H/q+1;/p-1. The molecule has 0 N–H and O–H groups in total. The highest BCUT2D eigenvalue weighted by atomic mass is 79.9. The molecule has 4 nitrogen and oxygen atoms in total. The van der Waals surface area contributed by atoms with E-state index < -0.39 is 0 Å². The SMILES string of the molecule is COc1cc2c(cc1OC)C(=O)C(Cc1cc[n+](Cc3ccccc3)cc1F)CC2.[Br-]. The van der Waals surface area contributed by atoms with Gasteiger partial charge in [0.25, 0.3) is 0 Å². The molecule has 1 aliphatic rings. The van der Waals surface area contributed by atoms with Gasteiger partial charge in [-0.25, -0.2) is 4.39 Å². The van der Waals surface area contributed by atoms with E-state index in [1.807, 2.05) is 47.2 Å². The molecule has 2 aromatic carbocycles. The van der Waals surface area contributed by atoms with Gasteiger partial charge in [-0.05, 0) is 37.0 Å². The molecule has 0 aliphatic heterocycles. The summed E-state index contributed by atoms with van der Waals surface area (Å²) in [6.07, 6.45) is 5.23. The van der Waals surface area contributed by atoms with Gasteiger partial charge in [-0.15, -0.1) is 0 Å². The van der Waals surface area contributed by atoms with E-state index in [0.717, 1.165) is 17.5 Å². The molecular formula is C25H25BrFNO3. The number of carbonyl (C=O) groups excluding carboxylic acids is 1. The number of fused-ring (bicyclic) bond motifs is 1. The molecule has 1 unspecified atom stereocenters. The number of ether oxygens (including phenoxy) is 2. The van der Waals surface area contributed by atoms with Crippen molar-refractivity contribution in [2.75, 3.05) is 14.2 Å². The molecule has 3 aromatic rings. The first-order valence-electron chi connectivity index (χ1n) is 10.1. The number of nitrogens with zero attached hydrogens (tertiary/aromatic N) is 1. The summed E-state index contributed by atoms with van der Waals surface area (Å²) >= 11 is 0. The Hall–Kier alpha value is -2.73. The lowest BCUT2D eigenvalue weighted by atomic mass is 9.79. The molecule has 162 valence electrons. The number of Topliss-reactive ketones (excluding diaryl/α,β-unsaturated/α-hetero) is 1. The average molecular weight is 486 g/mol. The number of aromatic nitrogens is 1. The van der Waals surface area contributed by atoms with Crippen molar-refractivity contribution in [2.24, 2.45) is 5.92 Å². The number of aryl methyl sites for hydroxylation is 1. The molecule has 1 atom stereocenters. The van der Waals surface area contributed by atoms with Crippen LogP contribution in [0.3, 0.4) is 0 Å². The van der Waals surface area contributed by atoms with Crippen molar-refractivity contribution < 1.29 is 40.2 Å². The lowest BCUT2D eigenvalue weighted by molar-refractivity contribution is -0.689. The minimum atomic E-state index is -0.278. The third-order valence-electron chi connectivity index (χ3n) is 5.74. The van der Waals surface area contributed by atoms with Crippen molar-refractivity contribution in [3.63, 3.8) is 0 Å². The van der Waals surface area contributed by atoms with Crippen molar-refractivity contribution in [3.05, 3.63) is 89.0 Å². The third-order valence-corrected chi connectivity index (χ3v) is 5.74. The van der Waals surface area contributed by atoms with Crippen molar-refractivity contribution in [2.45, 2.75) is 25.8 Å². The van der Waals surface area contributed by atoms with Crippen LogP contribution in [0.15, 0.2) is 60.9 Å². The van der Waals surface area contributed by atoms with E-state index in [0.29, 0.717) is 42.0 Å². The Morgan fingerprint density at radius 3 is 2.45 bits per heavy atom. The molecule has 0 radical (unpaired) electrons. The van der Waals surface area contributed by atoms with Crippen LogP contribution in [0.1, 0.15) is 33.5 Å². The lowest BCUT2D eigenvalue weighted by Gasteiger charge is -2.24. The maximum Gasteiger partial charge on any atom is 0.205 e. The molecule has 0 saturated carbocycles. The summed E-state index contributed by atoms with van der Waals surface area (Å²) in [7, 11) is 3.14. The Morgan fingerprint density at radius 1 is 1.06 bits per heavy atom. The number of halogens is 2. The summed E-state index contributed by atoms with van der Waals surface area (Å²) in [5.74, 6) is 0.685. The predicted molar refractivity (Wildman–Crippen MR) is 112 cm³/mol. The largest absolute Gasteiger partial charge is 1.00 e. The second kappa shape index (κ2) is 10.1. The number of pyridine rings is 1. The summed E-state index contributed by atoms with van der Waals surface area (Å²) in [4.78, 5) is 13.1. The van der Waals surface area contributed by atoms with Crippen LogP contribution in [-0.2, 0) is 19.4 Å². The first-order chi connectivity index (χ1) is 14.6. The molecule has 4 rings (SSSR count). The van der Waals surface area contributed by atoms with Crippen LogP contribution in [0.25, 0.3) is 0 Å². The van der Waals surface area contributed by atoms with Gasteiger partial charge in [0.2, 0.25) is 6.20 Å². The first kappa shape index (κ1) is 22.9. The Kier molecular flexibility index (Phi) is 7.44. The van der Waals surface area contributed by atoms with Gasteiger partial charge >= 0.3 is 0 Å². The Balaban J connectivity index is 0.00000272. The van der Waals surface area contributed by atoms with Gasteiger partial charge in [-0.3, -0.25) is 4.79 Å². The van der Waals surface area contributed by atoms with E-state index >= 15 is 0 Å². The fourth-order valence-corrected chi connectivity index (χ4v) is 4.09. The molecule has 0 saturated heterocycles. The smallest absolute Gasteiger partial charge is 0.205 e. The predicted octanol–water partition coefficient (Wildman–Crippen LogP) is 1.17. The second-order valence-electron chi connectivity index (χ2n) is 7.64. The molecule has 0 spiro atoms. The maximum absolute atomic E-state index is 14.8. The van der Waals surface area contributed by atoms with Gasteiger partial charge in [0, 0.05) is 28.7 Å². The van der Waals surface area contributed by atoms with Gasteiger partial charge in [-0.1, -0.05) is 30.3 Å². The zero-order chi connectivity index (χ0) is 21.1. The molecule has 1 heterocycles. The van der Waals surface area contributed by atoms with Crippen LogP contribution >= 0.6 is 0 Å². The van der Waals surface area contributed by atoms with Crippen LogP contribution in [0.4, 0.5) is 4.39 Å². The highest BCUT2D eigenvalue weighted by Gasteiger charge is 2.30. The topological polar surface area (TPSA) is 39.4 Å². The van der Waals surface area contributed by atoms with E-state index in [2.05, 4.69) is 0 Å². The van der Waals surface area contributed by atoms with Gasteiger partial charge in [0.05, 0.1) is 14.2 Å². The van der Waals surface area contributed by atoms with E-state index in [1.165, 1.54) is 6.20 Å². The fourth-order valence-electron chi connectivity index (χ4n) is 4.09. The number of carbonyl (C=O) groups is 1. The molecule has 31 heavy (non-hydrogen) atoms. The average Bonchev–Trinajstić information content (AvgIpc) is 2.77. The molecule has 1 aliphatic carbocycles. The second-order valence-corrected chi connectivity index (χ2v) is 7.64. The van der Waals surface area contributed by atoms with E-state index in [1.54, 1.807) is 26.4 Å². The van der Waals surface area contributed by atoms with Crippen LogP contribution in [0.5, 0.6) is 11.5 Å². The van der Waals surface area contributed by atoms with Crippen LogP contribution in [0, 0.1) is 11.7 Å². The van der Waals surface area contributed by atoms with Crippen LogP contribution < -0.4 is 31.0 Å². The lowest BCUT2D eigenvalue weighted by Crippen LogP contribution is -3.00. The number of hydrogen-bond donors (Lipinski definition) is 0. The highest BCUT2D eigenvalue weighted by molar-refractivity contribution is 6.01. The summed E-state index contributed by atoms with van der Waals surface area (Å²) in [6.45, 7) is 0.607. The number of ketones is 1. The van der Waals surface area contributed by atoms with Crippen molar-refractivity contribution >= 4 is 5.78 Å². The number of rotatable bonds is 6. The molecule has 1 aromatic heterocycles. The number of benzene rings is 2. The maximum atomic E-state index is 14.8. The fraction of sp³-hybridized carbons (Fsp3) is 0.280. The van der Waals surface area contributed by atoms with Crippen molar-refractivity contribution in [1.29, 1.82) is 0 Å². The first-order valence-corrected chi connectivity index (χ1v) is 10.1. The van der Waals surface area contributed by atoms with Crippen molar-refractivity contribution in [3.8, 4) is 11.5 Å². The van der Waals surface area contributed by atoms with E-state index in [4.69, 9.17) is 9.47 Å². The van der Waals surface area contributed by atoms with Gasteiger partial charge in [0.1, 0.15) is 0 Å². The summed E-state index contributed by atoms with van der Waals surface area (Å²) < 4.78 is 27.3. The minimum Gasteiger partial charge on any atom is -1.00 e.